The molecule has 5 heteroatoms. The molecule has 0 radical (unpaired) electrons. The highest BCUT2D eigenvalue weighted by atomic mass is 16.7. The molecule has 0 saturated carbocycles. The monoisotopic (exact) mass is 190 g/mol. The fourth-order valence-corrected chi connectivity index (χ4v) is 1.41. The number of para-hydroxylation sites is 2. The van der Waals surface area contributed by atoms with Crippen molar-refractivity contribution in [2.75, 3.05) is 0 Å². The van der Waals surface area contributed by atoms with Crippen LogP contribution < -0.4 is 9.47 Å². The molecule has 2 aliphatic rings. The molecule has 2 aliphatic heterocycles. The number of ether oxygens (including phenoxy) is 2. The molecule has 4 nitrogen and oxygen atoms in total. The molecule has 0 N–H and O–H groups in total. The minimum atomic E-state index is -0.526. The van der Waals surface area contributed by atoms with Crippen molar-refractivity contribution in [1.82, 2.24) is 0 Å². The fraction of sp³-hybridized carbons (Fsp3) is 0.111. The summed E-state index contributed by atoms with van der Waals surface area (Å²) in [7, 11) is -0.512. The lowest BCUT2D eigenvalue weighted by molar-refractivity contribution is 0.0886. The Morgan fingerprint density at radius 3 is 2.07 bits per heavy atom. The highest BCUT2D eigenvalue weighted by molar-refractivity contribution is 6.46. The quantitative estimate of drug-likeness (QED) is 0.626. The van der Waals surface area contributed by atoms with E-state index in [2.05, 4.69) is 0 Å². The van der Waals surface area contributed by atoms with Crippen molar-refractivity contribution in [2.24, 2.45) is 0 Å². The van der Waals surface area contributed by atoms with Gasteiger partial charge in [-0.2, -0.15) is 0 Å². The van der Waals surface area contributed by atoms with E-state index in [0.29, 0.717) is 0 Å². The van der Waals surface area contributed by atoms with E-state index in [9.17, 15) is 0 Å². The predicted molar refractivity (Wildman–Crippen MR) is 48.6 cm³/mol. The van der Waals surface area contributed by atoms with Gasteiger partial charge in [0.05, 0.1) is 12.5 Å². The third-order valence-electron chi connectivity index (χ3n) is 2.04. The van der Waals surface area contributed by atoms with E-state index in [4.69, 9.17) is 18.8 Å². The average molecular weight is 190 g/mol. The Morgan fingerprint density at radius 1 is 0.929 bits per heavy atom. The molecule has 0 spiro atoms. The van der Waals surface area contributed by atoms with Crippen molar-refractivity contribution in [3.63, 3.8) is 0 Å². The van der Waals surface area contributed by atoms with E-state index in [0.717, 1.165) is 11.5 Å². The molecule has 3 rings (SSSR count). The van der Waals surface area contributed by atoms with Crippen LogP contribution >= 0.6 is 0 Å². The first-order valence-electron chi connectivity index (χ1n) is 4.32. The standard InChI is InChI=1S/C9H7BO4/c1-2-4-8-7(3-1)13-9(14-8)10-11-5-6-12-10/h1-6,9H. The molecule has 14 heavy (non-hydrogen) atoms. The zero-order chi connectivity index (χ0) is 9.38. The lowest BCUT2D eigenvalue weighted by Crippen LogP contribution is -2.39. The molecule has 0 aliphatic carbocycles. The first-order valence-corrected chi connectivity index (χ1v) is 4.32. The Bertz CT molecular complexity index is 346. The van der Waals surface area contributed by atoms with Crippen LogP contribution in [0.2, 0.25) is 0 Å². The second-order valence-corrected chi connectivity index (χ2v) is 2.96. The normalized spacial score (nSPS) is 18.1. The maximum Gasteiger partial charge on any atom is 0.682 e. The molecule has 2 heterocycles. The maximum absolute atomic E-state index is 5.48. The van der Waals surface area contributed by atoms with E-state index in [1.165, 1.54) is 12.5 Å². The second kappa shape index (κ2) is 2.87. The maximum atomic E-state index is 5.48. The lowest BCUT2D eigenvalue weighted by atomic mass is 9.90. The Kier molecular flexibility index (Phi) is 1.56. The summed E-state index contributed by atoms with van der Waals surface area (Å²) in [6, 6.07) is 7.47. The van der Waals surface area contributed by atoms with Crippen molar-refractivity contribution in [2.45, 2.75) is 6.19 Å². The predicted octanol–water partition coefficient (Wildman–Crippen LogP) is 1.33. The Balaban J connectivity index is 1.78. The summed E-state index contributed by atoms with van der Waals surface area (Å²) in [6.07, 6.45) is 2.42. The van der Waals surface area contributed by atoms with Gasteiger partial charge < -0.3 is 18.8 Å². The van der Waals surface area contributed by atoms with Gasteiger partial charge in [-0.25, -0.2) is 0 Å². The summed E-state index contributed by atoms with van der Waals surface area (Å²) < 4.78 is 21.2. The molecular formula is C9H7BO4. The minimum Gasteiger partial charge on any atom is -0.525 e. The highest BCUT2D eigenvalue weighted by Crippen LogP contribution is 2.35. The van der Waals surface area contributed by atoms with Crippen LogP contribution in [0.15, 0.2) is 36.8 Å². The first-order chi connectivity index (χ1) is 6.93. The van der Waals surface area contributed by atoms with Crippen molar-refractivity contribution in [3.05, 3.63) is 36.8 Å². The molecule has 1 aromatic rings. The van der Waals surface area contributed by atoms with E-state index >= 15 is 0 Å². The highest BCUT2D eigenvalue weighted by Gasteiger charge is 2.44. The van der Waals surface area contributed by atoms with E-state index < -0.39 is 13.3 Å². The summed E-state index contributed by atoms with van der Waals surface area (Å²) in [6.45, 7) is 0. The van der Waals surface area contributed by atoms with Crippen LogP contribution in [0.3, 0.4) is 0 Å². The van der Waals surface area contributed by atoms with Crippen molar-refractivity contribution in [3.8, 4) is 11.5 Å². The van der Waals surface area contributed by atoms with E-state index in [-0.39, 0.29) is 0 Å². The number of benzene rings is 1. The van der Waals surface area contributed by atoms with Crippen molar-refractivity contribution < 1.29 is 18.8 Å². The lowest BCUT2D eigenvalue weighted by Gasteiger charge is -2.10. The Morgan fingerprint density at radius 2 is 1.50 bits per heavy atom. The average Bonchev–Trinajstić information content (AvgIpc) is 2.86. The van der Waals surface area contributed by atoms with Crippen LogP contribution in [0, 0.1) is 0 Å². The molecule has 0 bridgehead atoms. The molecule has 0 unspecified atom stereocenters. The van der Waals surface area contributed by atoms with Crippen molar-refractivity contribution >= 4 is 7.12 Å². The van der Waals surface area contributed by atoms with Gasteiger partial charge in [-0.05, 0) is 12.1 Å². The largest absolute Gasteiger partial charge is 0.682 e. The molecule has 70 valence electrons. The van der Waals surface area contributed by atoms with Crippen LogP contribution in [0.25, 0.3) is 0 Å². The zero-order valence-corrected chi connectivity index (χ0v) is 7.25. The molecule has 1 aromatic carbocycles. The van der Waals surface area contributed by atoms with Crippen LogP contribution in [0.1, 0.15) is 0 Å². The first kappa shape index (κ1) is 7.61. The summed E-state index contributed by atoms with van der Waals surface area (Å²) >= 11 is 0. The van der Waals surface area contributed by atoms with Gasteiger partial charge in [-0.15, -0.1) is 0 Å². The third-order valence-corrected chi connectivity index (χ3v) is 2.04. The zero-order valence-electron chi connectivity index (χ0n) is 7.25. The Hall–Kier alpha value is -1.78. The molecular weight excluding hydrogens is 183 g/mol. The van der Waals surface area contributed by atoms with Gasteiger partial charge in [0.1, 0.15) is 0 Å². The smallest absolute Gasteiger partial charge is 0.525 e. The van der Waals surface area contributed by atoms with Gasteiger partial charge in [0.25, 0.3) is 0 Å². The summed E-state index contributed by atoms with van der Waals surface area (Å²) in [4.78, 5) is 0. The fourth-order valence-electron chi connectivity index (χ4n) is 1.41. The van der Waals surface area contributed by atoms with E-state index in [1.54, 1.807) is 0 Å². The SMILES string of the molecule is C1=COB(C2Oc3ccccc3O2)O1. The Labute approximate surface area is 81.2 Å². The van der Waals surface area contributed by atoms with Crippen LogP contribution in [-0.2, 0) is 9.31 Å². The van der Waals surface area contributed by atoms with Crippen LogP contribution in [0.5, 0.6) is 11.5 Å². The number of fused-ring (bicyclic) bond motifs is 1. The number of rotatable bonds is 1. The molecule has 0 amide bonds. The molecule has 0 atom stereocenters. The molecule has 0 aromatic heterocycles. The van der Waals surface area contributed by atoms with Crippen molar-refractivity contribution in [1.29, 1.82) is 0 Å². The molecule has 0 saturated heterocycles. The van der Waals surface area contributed by atoms with Crippen LogP contribution in [0.4, 0.5) is 0 Å². The topological polar surface area (TPSA) is 36.9 Å². The summed E-state index contributed by atoms with van der Waals surface area (Å²) in [5.41, 5.74) is 0. The van der Waals surface area contributed by atoms with Gasteiger partial charge in [0.15, 0.2) is 11.5 Å². The van der Waals surface area contributed by atoms with Gasteiger partial charge in [0.2, 0.25) is 0 Å². The second-order valence-electron chi connectivity index (χ2n) is 2.96. The summed E-state index contributed by atoms with van der Waals surface area (Å²) in [5.74, 6) is 1.44. The van der Waals surface area contributed by atoms with Crippen LogP contribution in [-0.4, -0.2) is 13.3 Å². The van der Waals surface area contributed by atoms with Gasteiger partial charge in [-0.3, -0.25) is 0 Å². The minimum absolute atomic E-state index is 0.512. The number of hydrogen-bond acceptors (Lipinski definition) is 4. The summed E-state index contributed by atoms with van der Waals surface area (Å²) in [5, 5.41) is 0. The third kappa shape index (κ3) is 1.09. The van der Waals surface area contributed by atoms with Gasteiger partial charge in [-0.1, -0.05) is 12.1 Å². The van der Waals surface area contributed by atoms with Gasteiger partial charge >= 0.3 is 13.3 Å². The number of hydrogen-bond donors (Lipinski definition) is 0. The molecule has 0 fully saturated rings. The van der Waals surface area contributed by atoms with Gasteiger partial charge in [0, 0.05) is 0 Å². The van der Waals surface area contributed by atoms with E-state index in [1.807, 2.05) is 24.3 Å².